The van der Waals surface area contributed by atoms with Crippen molar-refractivity contribution in [1.82, 2.24) is 9.97 Å². The van der Waals surface area contributed by atoms with Crippen molar-refractivity contribution in [3.8, 4) is 0 Å². The molecule has 15 heavy (non-hydrogen) atoms. The molecule has 5 heteroatoms. The van der Waals surface area contributed by atoms with Gasteiger partial charge in [-0.1, -0.05) is 12.2 Å². The second kappa shape index (κ2) is 4.99. The number of nitrogens with zero attached hydrogens (tertiary/aromatic N) is 2. The Hall–Kier alpha value is -2.04. The molecule has 0 aliphatic carbocycles. The van der Waals surface area contributed by atoms with E-state index in [-0.39, 0.29) is 11.2 Å². The Morgan fingerprint density at radius 3 is 2.53 bits per heavy atom. The van der Waals surface area contributed by atoms with Crippen molar-refractivity contribution < 1.29 is 0 Å². The van der Waals surface area contributed by atoms with Crippen LogP contribution in [0.2, 0.25) is 0 Å². The molecule has 1 aromatic heterocycles. The first-order valence-corrected chi connectivity index (χ1v) is 4.50. The summed E-state index contributed by atoms with van der Waals surface area (Å²) in [5.74, 6) is 0.467. The number of hydrogen-bond acceptors (Lipinski definition) is 4. The molecule has 0 aliphatic rings. The number of rotatable bonds is 5. The first-order chi connectivity index (χ1) is 7.19. The van der Waals surface area contributed by atoms with Crippen molar-refractivity contribution in [2.24, 2.45) is 0 Å². The van der Waals surface area contributed by atoms with E-state index in [1.807, 2.05) is 4.90 Å². The Morgan fingerprint density at radius 2 is 2.07 bits per heavy atom. The van der Waals surface area contributed by atoms with Crippen LogP contribution in [0.1, 0.15) is 0 Å². The Labute approximate surface area is 87.9 Å². The maximum Gasteiger partial charge on any atom is 0.275 e. The minimum Gasteiger partial charge on any atom is -0.393 e. The van der Waals surface area contributed by atoms with Gasteiger partial charge in [-0.2, -0.15) is 0 Å². The smallest absolute Gasteiger partial charge is 0.275 e. The lowest BCUT2D eigenvalue weighted by molar-refractivity contribution is 0.883. The molecule has 0 radical (unpaired) electrons. The third kappa shape index (κ3) is 2.70. The highest BCUT2D eigenvalue weighted by molar-refractivity contribution is 5.38. The third-order valence-electron chi connectivity index (χ3n) is 1.81. The molecular formula is C10H14N4O. The first kappa shape index (κ1) is 11.0. The van der Waals surface area contributed by atoms with Gasteiger partial charge in [-0.25, -0.2) is 4.98 Å². The monoisotopic (exact) mass is 206 g/mol. The molecule has 0 spiro atoms. The van der Waals surface area contributed by atoms with Crippen LogP contribution >= 0.6 is 0 Å². The van der Waals surface area contributed by atoms with E-state index in [4.69, 9.17) is 5.73 Å². The zero-order valence-electron chi connectivity index (χ0n) is 8.44. The van der Waals surface area contributed by atoms with Gasteiger partial charge in [0.2, 0.25) is 5.95 Å². The van der Waals surface area contributed by atoms with Gasteiger partial charge in [0.1, 0.15) is 5.69 Å². The first-order valence-electron chi connectivity index (χ1n) is 4.50. The summed E-state index contributed by atoms with van der Waals surface area (Å²) in [6.45, 7) is 8.42. The summed E-state index contributed by atoms with van der Waals surface area (Å²) in [7, 11) is 0. The molecular weight excluding hydrogens is 192 g/mol. The van der Waals surface area contributed by atoms with Gasteiger partial charge in [-0.05, 0) is 0 Å². The van der Waals surface area contributed by atoms with E-state index in [0.717, 1.165) is 0 Å². The van der Waals surface area contributed by atoms with E-state index in [9.17, 15) is 4.79 Å². The van der Waals surface area contributed by atoms with Crippen LogP contribution in [0.3, 0.4) is 0 Å². The number of hydrogen-bond donors (Lipinski definition) is 2. The van der Waals surface area contributed by atoms with Crippen LogP contribution in [0.4, 0.5) is 11.6 Å². The summed E-state index contributed by atoms with van der Waals surface area (Å²) in [6, 6.07) is 0. The second-order valence-corrected chi connectivity index (χ2v) is 2.97. The van der Waals surface area contributed by atoms with Crippen LogP contribution in [-0.2, 0) is 0 Å². The third-order valence-corrected chi connectivity index (χ3v) is 1.81. The van der Waals surface area contributed by atoms with Gasteiger partial charge >= 0.3 is 0 Å². The van der Waals surface area contributed by atoms with Gasteiger partial charge in [0.15, 0.2) is 0 Å². The summed E-state index contributed by atoms with van der Waals surface area (Å²) in [6.07, 6.45) is 4.78. The normalized spacial score (nSPS) is 9.60. The van der Waals surface area contributed by atoms with Crippen LogP contribution in [0.5, 0.6) is 0 Å². The minimum absolute atomic E-state index is 0.107. The van der Waals surface area contributed by atoms with Crippen molar-refractivity contribution in [3.05, 3.63) is 41.9 Å². The Bertz CT molecular complexity index is 400. The van der Waals surface area contributed by atoms with Crippen LogP contribution in [-0.4, -0.2) is 23.1 Å². The van der Waals surface area contributed by atoms with E-state index in [1.54, 1.807) is 12.2 Å². The van der Waals surface area contributed by atoms with Gasteiger partial charge in [0, 0.05) is 13.1 Å². The fourth-order valence-corrected chi connectivity index (χ4v) is 1.12. The fourth-order valence-electron chi connectivity index (χ4n) is 1.12. The van der Waals surface area contributed by atoms with Gasteiger partial charge in [0.05, 0.1) is 6.20 Å². The van der Waals surface area contributed by atoms with Crippen LogP contribution < -0.4 is 16.2 Å². The Balaban J connectivity index is 2.99. The predicted octanol–water partition coefficient (Wildman–Crippen LogP) is 0.531. The molecule has 1 rings (SSSR count). The lowest BCUT2D eigenvalue weighted by Crippen LogP contribution is -2.28. The minimum atomic E-state index is -0.335. The molecule has 0 saturated heterocycles. The van der Waals surface area contributed by atoms with Crippen LogP contribution in [0, 0.1) is 0 Å². The molecule has 0 amide bonds. The molecule has 5 nitrogen and oxygen atoms in total. The molecule has 80 valence electrons. The fraction of sp³-hybridized carbons (Fsp3) is 0.200. The standard InChI is InChI=1S/C10H14N4O/c1-3-5-14(6-4-2)10-12-7-8(11)9(15)13-10/h3-4,7H,1-2,5-6,11H2,(H,12,13,15). The number of nitrogen functional groups attached to an aromatic ring is 1. The lowest BCUT2D eigenvalue weighted by Gasteiger charge is -2.19. The highest BCUT2D eigenvalue weighted by Gasteiger charge is 2.06. The maximum atomic E-state index is 11.3. The molecule has 1 heterocycles. The number of anilines is 2. The quantitative estimate of drug-likeness (QED) is 0.689. The molecule has 3 N–H and O–H groups in total. The largest absolute Gasteiger partial charge is 0.393 e. The summed E-state index contributed by atoms with van der Waals surface area (Å²) in [4.78, 5) is 19.7. The molecule has 0 bridgehead atoms. The highest BCUT2D eigenvalue weighted by Crippen LogP contribution is 2.04. The van der Waals surface area contributed by atoms with E-state index >= 15 is 0 Å². The van der Waals surface area contributed by atoms with E-state index < -0.39 is 0 Å². The van der Waals surface area contributed by atoms with Crippen molar-refractivity contribution in [2.45, 2.75) is 0 Å². The number of H-pyrrole nitrogens is 1. The summed E-state index contributed by atoms with van der Waals surface area (Å²) in [5, 5.41) is 0. The summed E-state index contributed by atoms with van der Waals surface area (Å²) < 4.78 is 0. The van der Waals surface area contributed by atoms with Crippen molar-refractivity contribution in [1.29, 1.82) is 0 Å². The number of nitrogens with two attached hydrogens (primary N) is 1. The molecule has 0 unspecified atom stereocenters. The van der Waals surface area contributed by atoms with Crippen molar-refractivity contribution in [2.75, 3.05) is 23.7 Å². The molecule has 0 aromatic carbocycles. The zero-order valence-corrected chi connectivity index (χ0v) is 8.44. The summed E-state index contributed by atoms with van der Waals surface area (Å²) in [5.41, 5.74) is 5.14. The topological polar surface area (TPSA) is 75.0 Å². The zero-order chi connectivity index (χ0) is 11.3. The highest BCUT2D eigenvalue weighted by atomic mass is 16.1. The van der Waals surface area contributed by atoms with E-state index in [1.165, 1.54) is 6.20 Å². The summed E-state index contributed by atoms with van der Waals surface area (Å²) >= 11 is 0. The van der Waals surface area contributed by atoms with E-state index in [2.05, 4.69) is 23.1 Å². The van der Waals surface area contributed by atoms with E-state index in [0.29, 0.717) is 19.0 Å². The van der Waals surface area contributed by atoms with Gasteiger partial charge in [-0.3, -0.25) is 9.78 Å². The molecule has 0 aliphatic heterocycles. The van der Waals surface area contributed by atoms with Crippen molar-refractivity contribution in [3.63, 3.8) is 0 Å². The van der Waals surface area contributed by atoms with Gasteiger partial charge in [0.25, 0.3) is 5.56 Å². The SMILES string of the molecule is C=CCN(CC=C)c1ncc(N)c(=O)[nH]1. The molecule has 0 atom stereocenters. The predicted molar refractivity (Wildman–Crippen MR) is 61.9 cm³/mol. The number of aromatic nitrogens is 2. The second-order valence-electron chi connectivity index (χ2n) is 2.97. The molecule has 1 aromatic rings. The maximum absolute atomic E-state index is 11.3. The van der Waals surface area contributed by atoms with Crippen LogP contribution in [0.25, 0.3) is 0 Å². The van der Waals surface area contributed by atoms with Gasteiger partial charge < -0.3 is 10.6 Å². The number of aromatic amines is 1. The van der Waals surface area contributed by atoms with Gasteiger partial charge in [-0.15, -0.1) is 13.2 Å². The average Bonchev–Trinajstić information content (AvgIpc) is 2.22. The Morgan fingerprint density at radius 1 is 1.47 bits per heavy atom. The Kier molecular flexibility index (Phi) is 3.68. The average molecular weight is 206 g/mol. The van der Waals surface area contributed by atoms with Crippen LogP contribution in [0.15, 0.2) is 36.3 Å². The van der Waals surface area contributed by atoms with Crippen molar-refractivity contribution >= 4 is 11.6 Å². The molecule has 0 saturated carbocycles. The molecule has 0 fully saturated rings. The number of nitrogens with one attached hydrogen (secondary N) is 1. The lowest BCUT2D eigenvalue weighted by atomic mass is 10.4.